The molecule has 0 aliphatic heterocycles. The average molecular weight is 169 g/mol. The molecule has 0 atom stereocenters. The summed E-state index contributed by atoms with van der Waals surface area (Å²) in [6.07, 6.45) is 2.57. The molecule has 0 unspecified atom stereocenters. The zero-order chi connectivity index (χ0) is 8.81. The maximum Gasteiger partial charge on any atom is 0.0492 e. The lowest BCUT2D eigenvalue weighted by Gasteiger charge is -2.13. The van der Waals surface area contributed by atoms with Crippen LogP contribution in [0.2, 0.25) is 0 Å². The highest BCUT2D eigenvalue weighted by Gasteiger charge is 1.99. The quantitative estimate of drug-likeness (QED) is 0.663. The second-order valence-electron chi connectivity index (χ2n) is 2.90. The van der Waals surface area contributed by atoms with Gasteiger partial charge in [-0.1, -0.05) is 0 Å². The Morgan fingerprint density at radius 1 is 1.67 bits per heavy atom. The summed E-state index contributed by atoms with van der Waals surface area (Å²) in [7, 11) is 2.02. The number of aromatic nitrogens is 2. The Morgan fingerprint density at radius 3 is 3.08 bits per heavy atom. The smallest absolute Gasteiger partial charge is 0.0492 e. The molecule has 0 fully saturated rings. The Bertz CT molecular complexity index is 198. The highest BCUT2D eigenvalue weighted by Crippen LogP contribution is 1.97. The molecule has 12 heavy (non-hydrogen) atoms. The Labute approximate surface area is 72.2 Å². The summed E-state index contributed by atoms with van der Waals surface area (Å²) in [5.74, 6) is 0. The van der Waals surface area contributed by atoms with Crippen molar-refractivity contribution in [1.82, 2.24) is 15.1 Å². The van der Waals surface area contributed by atoms with Gasteiger partial charge in [0, 0.05) is 31.6 Å². The molecule has 68 valence electrons. The fraction of sp³-hybridized carbons (Fsp3) is 0.625. The first-order valence-corrected chi connectivity index (χ1v) is 4.10. The first-order valence-electron chi connectivity index (χ1n) is 4.10. The first kappa shape index (κ1) is 9.22. The standard InChI is InChI=1S/C8H15N3O/c1-11(5-2-6-12)7-8-3-4-9-10-8/h3-4,12H,2,5-7H2,1H3,(H,9,10). The molecule has 0 bridgehead atoms. The van der Waals surface area contributed by atoms with E-state index in [2.05, 4.69) is 15.1 Å². The maximum atomic E-state index is 8.59. The molecule has 2 N–H and O–H groups in total. The van der Waals surface area contributed by atoms with Gasteiger partial charge in [0.15, 0.2) is 0 Å². The Hall–Kier alpha value is -0.870. The molecule has 0 aliphatic rings. The lowest BCUT2D eigenvalue weighted by molar-refractivity contribution is 0.243. The zero-order valence-electron chi connectivity index (χ0n) is 7.32. The third-order valence-corrected chi connectivity index (χ3v) is 1.70. The second-order valence-corrected chi connectivity index (χ2v) is 2.90. The normalized spacial score (nSPS) is 10.9. The molecule has 1 aromatic rings. The summed E-state index contributed by atoms with van der Waals surface area (Å²) in [6.45, 7) is 2.03. The van der Waals surface area contributed by atoms with Gasteiger partial charge in [0.2, 0.25) is 0 Å². The van der Waals surface area contributed by atoms with Crippen LogP contribution in [0, 0.1) is 0 Å². The molecule has 4 heteroatoms. The van der Waals surface area contributed by atoms with Crippen LogP contribution in [-0.2, 0) is 6.54 Å². The van der Waals surface area contributed by atoms with Gasteiger partial charge in [-0.15, -0.1) is 0 Å². The summed E-state index contributed by atoms with van der Waals surface area (Å²) in [6, 6.07) is 1.95. The number of rotatable bonds is 5. The predicted molar refractivity (Wildman–Crippen MR) is 46.6 cm³/mol. The Balaban J connectivity index is 2.22. The summed E-state index contributed by atoms with van der Waals surface area (Å²) in [4.78, 5) is 2.14. The molecule has 0 saturated heterocycles. The van der Waals surface area contributed by atoms with Crippen LogP contribution >= 0.6 is 0 Å². The Kier molecular flexibility index (Phi) is 3.76. The summed E-state index contributed by atoms with van der Waals surface area (Å²) in [5, 5.41) is 15.3. The number of aromatic amines is 1. The highest BCUT2D eigenvalue weighted by molar-refractivity contribution is 4.96. The van der Waals surface area contributed by atoms with Gasteiger partial charge < -0.3 is 10.0 Å². The zero-order valence-corrected chi connectivity index (χ0v) is 7.32. The van der Waals surface area contributed by atoms with Gasteiger partial charge >= 0.3 is 0 Å². The van der Waals surface area contributed by atoms with E-state index in [0.717, 1.165) is 25.2 Å². The first-order chi connectivity index (χ1) is 5.83. The van der Waals surface area contributed by atoms with Crippen LogP contribution in [0.15, 0.2) is 12.3 Å². The number of aliphatic hydroxyl groups excluding tert-OH is 1. The SMILES string of the molecule is CN(CCCO)Cc1ccn[nH]1. The van der Waals surface area contributed by atoms with Crippen molar-refractivity contribution in [2.75, 3.05) is 20.2 Å². The van der Waals surface area contributed by atoms with Crippen molar-refractivity contribution >= 4 is 0 Å². The molecule has 0 spiro atoms. The molecule has 1 rings (SSSR count). The van der Waals surface area contributed by atoms with E-state index >= 15 is 0 Å². The molecule has 1 heterocycles. The summed E-state index contributed by atoms with van der Waals surface area (Å²) >= 11 is 0. The van der Waals surface area contributed by atoms with E-state index in [1.807, 2.05) is 13.1 Å². The van der Waals surface area contributed by atoms with Crippen LogP contribution in [0.1, 0.15) is 12.1 Å². The van der Waals surface area contributed by atoms with E-state index in [9.17, 15) is 0 Å². The number of H-pyrrole nitrogens is 1. The van der Waals surface area contributed by atoms with E-state index in [-0.39, 0.29) is 6.61 Å². The minimum Gasteiger partial charge on any atom is -0.396 e. The van der Waals surface area contributed by atoms with Crippen molar-refractivity contribution in [2.24, 2.45) is 0 Å². The van der Waals surface area contributed by atoms with Crippen molar-refractivity contribution in [3.05, 3.63) is 18.0 Å². The molecule has 0 aliphatic carbocycles. The van der Waals surface area contributed by atoms with Crippen molar-refractivity contribution in [3.63, 3.8) is 0 Å². The Morgan fingerprint density at radius 2 is 2.50 bits per heavy atom. The van der Waals surface area contributed by atoms with E-state index in [0.29, 0.717) is 0 Å². The van der Waals surface area contributed by atoms with E-state index in [4.69, 9.17) is 5.11 Å². The lowest BCUT2D eigenvalue weighted by atomic mass is 10.3. The van der Waals surface area contributed by atoms with Gasteiger partial charge in [-0.2, -0.15) is 5.10 Å². The van der Waals surface area contributed by atoms with Gasteiger partial charge in [-0.3, -0.25) is 5.10 Å². The molecular weight excluding hydrogens is 154 g/mol. The van der Waals surface area contributed by atoms with Gasteiger partial charge in [-0.25, -0.2) is 0 Å². The van der Waals surface area contributed by atoms with Crippen LogP contribution in [0.25, 0.3) is 0 Å². The molecule has 1 aromatic heterocycles. The van der Waals surface area contributed by atoms with Crippen molar-refractivity contribution < 1.29 is 5.11 Å². The summed E-state index contributed by atoms with van der Waals surface area (Å²) < 4.78 is 0. The van der Waals surface area contributed by atoms with Crippen LogP contribution in [0.5, 0.6) is 0 Å². The number of nitrogens with zero attached hydrogens (tertiary/aromatic N) is 2. The van der Waals surface area contributed by atoms with Crippen LogP contribution in [0.3, 0.4) is 0 Å². The fourth-order valence-electron chi connectivity index (χ4n) is 1.08. The van der Waals surface area contributed by atoms with Crippen LogP contribution in [-0.4, -0.2) is 40.4 Å². The minimum atomic E-state index is 0.257. The van der Waals surface area contributed by atoms with Gasteiger partial charge in [0.1, 0.15) is 0 Å². The number of hydrogen-bond donors (Lipinski definition) is 2. The van der Waals surface area contributed by atoms with Gasteiger partial charge in [0.25, 0.3) is 0 Å². The van der Waals surface area contributed by atoms with E-state index in [1.54, 1.807) is 6.20 Å². The van der Waals surface area contributed by atoms with Crippen LogP contribution < -0.4 is 0 Å². The molecule has 0 aromatic carbocycles. The monoisotopic (exact) mass is 169 g/mol. The predicted octanol–water partition coefficient (Wildman–Crippen LogP) is 0.224. The van der Waals surface area contributed by atoms with E-state index in [1.165, 1.54) is 0 Å². The lowest BCUT2D eigenvalue weighted by Crippen LogP contribution is -2.20. The number of hydrogen-bond acceptors (Lipinski definition) is 3. The third-order valence-electron chi connectivity index (χ3n) is 1.70. The molecule has 0 radical (unpaired) electrons. The largest absolute Gasteiger partial charge is 0.396 e. The van der Waals surface area contributed by atoms with Gasteiger partial charge in [0.05, 0.1) is 0 Å². The molecular formula is C8H15N3O. The third kappa shape index (κ3) is 3.02. The number of aliphatic hydroxyl groups is 1. The van der Waals surface area contributed by atoms with E-state index < -0.39 is 0 Å². The van der Waals surface area contributed by atoms with Crippen molar-refractivity contribution in [3.8, 4) is 0 Å². The van der Waals surface area contributed by atoms with Crippen molar-refractivity contribution in [2.45, 2.75) is 13.0 Å². The second kappa shape index (κ2) is 4.90. The summed E-state index contributed by atoms with van der Waals surface area (Å²) in [5.41, 5.74) is 1.11. The average Bonchev–Trinajstić information content (AvgIpc) is 2.53. The molecule has 4 nitrogen and oxygen atoms in total. The maximum absolute atomic E-state index is 8.59. The molecule has 0 saturated carbocycles. The minimum absolute atomic E-state index is 0.257. The highest BCUT2D eigenvalue weighted by atomic mass is 16.3. The fourth-order valence-corrected chi connectivity index (χ4v) is 1.08. The molecule has 0 amide bonds. The van der Waals surface area contributed by atoms with Crippen LogP contribution in [0.4, 0.5) is 0 Å². The van der Waals surface area contributed by atoms with Crippen molar-refractivity contribution in [1.29, 1.82) is 0 Å². The van der Waals surface area contributed by atoms with Gasteiger partial charge in [-0.05, 0) is 19.5 Å². The number of nitrogens with one attached hydrogen (secondary N) is 1. The topological polar surface area (TPSA) is 52.1 Å².